The van der Waals surface area contributed by atoms with E-state index in [0.29, 0.717) is 0 Å². The summed E-state index contributed by atoms with van der Waals surface area (Å²) in [4.78, 5) is 4.80. The Kier molecular flexibility index (Phi) is 11.7. The fraction of sp³-hybridized carbons (Fsp3) is 0.103. The van der Waals surface area contributed by atoms with Crippen molar-refractivity contribution in [2.75, 3.05) is 9.80 Å². The molecule has 0 amide bonds. The summed E-state index contributed by atoms with van der Waals surface area (Å²) in [6.45, 7) is 13.8. The molecule has 0 atom stereocenters. The summed E-state index contributed by atoms with van der Waals surface area (Å²) in [5, 5.41) is 7.41. The van der Waals surface area contributed by atoms with Gasteiger partial charge >= 0.3 is 0 Å². The van der Waals surface area contributed by atoms with Crippen molar-refractivity contribution in [3.05, 3.63) is 298 Å². The van der Waals surface area contributed by atoms with E-state index in [4.69, 9.17) is 0 Å². The standard InChI is InChI=1S/C78H62N2/c1-51-15-31-63(32-16-51)79(65-35-29-57-11-7-9-13-59(57)47-65)67-37-41-71-69-39-25-55(45-73(69)77(3,4)75(71)49-67)21-19-53-23-27-62-44-54(24-28-61(62)43-53)20-22-56-26-40-70-72-42-38-68(50-76(72)78(5,6)74(70)46-56)80(64-33-17-52(2)18-34-64)66-36-30-58-12-8-10-14-60(58)48-66/h7-50H,1-6H3. The van der Waals surface area contributed by atoms with Gasteiger partial charge in [0.25, 0.3) is 0 Å². The molecule has 0 bridgehead atoms. The van der Waals surface area contributed by atoms with Crippen LogP contribution >= 0.6 is 0 Å². The Morgan fingerprint density at radius 2 is 0.525 bits per heavy atom. The first-order valence-electron chi connectivity index (χ1n) is 28.1. The third-order valence-electron chi connectivity index (χ3n) is 17.3. The molecule has 2 nitrogen and oxygen atoms in total. The highest BCUT2D eigenvalue weighted by Gasteiger charge is 2.38. The van der Waals surface area contributed by atoms with Crippen molar-refractivity contribution < 1.29 is 0 Å². The summed E-state index contributed by atoms with van der Waals surface area (Å²) in [5.74, 6) is 0. The summed E-state index contributed by atoms with van der Waals surface area (Å²) in [6, 6.07) is 90.3. The second-order valence-electron chi connectivity index (χ2n) is 23.3. The van der Waals surface area contributed by atoms with Gasteiger partial charge in [0, 0.05) is 45.0 Å². The minimum absolute atomic E-state index is 0.180. The van der Waals surface area contributed by atoms with Crippen LogP contribution in [0.2, 0.25) is 0 Å². The molecule has 2 aliphatic rings. The van der Waals surface area contributed by atoms with Gasteiger partial charge in [-0.2, -0.15) is 0 Å². The third-order valence-corrected chi connectivity index (χ3v) is 17.3. The lowest BCUT2D eigenvalue weighted by molar-refractivity contribution is 0.660. The molecule has 12 aromatic rings. The van der Waals surface area contributed by atoms with Gasteiger partial charge < -0.3 is 9.80 Å². The first-order valence-corrected chi connectivity index (χ1v) is 28.1. The van der Waals surface area contributed by atoms with Gasteiger partial charge in [-0.15, -0.1) is 0 Å². The monoisotopic (exact) mass is 1030 g/mol. The van der Waals surface area contributed by atoms with Gasteiger partial charge in [0.1, 0.15) is 0 Å². The zero-order valence-corrected chi connectivity index (χ0v) is 46.3. The van der Waals surface area contributed by atoms with E-state index < -0.39 is 0 Å². The van der Waals surface area contributed by atoms with Crippen LogP contribution in [0.4, 0.5) is 34.1 Å². The summed E-state index contributed by atoms with van der Waals surface area (Å²) in [7, 11) is 0. The Labute approximate surface area is 470 Å². The number of fused-ring (bicyclic) bond motifs is 9. The zero-order valence-electron chi connectivity index (χ0n) is 46.3. The lowest BCUT2D eigenvalue weighted by atomic mass is 9.81. The van der Waals surface area contributed by atoms with Crippen LogP contribution in [-0.2, 0) is 10.8 Å². The number of anilines is 6. The number of benzene rings is 12. The quantitative estimate of drug-likeness (QED) is 0.126. The molecule has 0 heterocycles. The van der Waals surface area contributed by atoms with E-state index in [1.54, 1.807) is 0 Å². The van der Waals surface area contributed by atoms with Crippen LogP contribution in [0, 0.1) is 13.8 Å². The number of hydrogen-bond acceptors (Lipinski definition) is 2. The van der Waals surface area contributed by atoms with Crippen molar-refractivity contribution >= 4 is 90.7 Å². The number of rotatable bonds is 10. The van der Waals surface area contributed by atoms with Crippen molar-refractivity contribution in [1.29, 1.82) is 0 Å². The summed E-state index contributed by atoms with van der Waals surface area (Å²) >= 11 is 0. The van der Waals surface area contributed by atoms with Crippen molar-refractivity contribution in [3.63, 3.8) is 0 Å². The lowest BCUT2D eigenvalue weighted by Gasteiger charge is -2.28. The average Bonchev–Trinajstić information content (AvgIpc) is 3.88. The number of hydrogen-bond donors (Lipinski definition) is 0. The molecule has 0 radical (unpaired) electrons. The van der Waals surface area contributed by atoms with Gasteiger partial charge in [-0.05, 0) is 198 Å². The Hall–Kier alpha value is -9.50. The predicted molar refractivity (Wildman–Crippen MR) is 344 cm³/mol. The molecule has 0 saturated carbocycles. The molecule has 2 heteroatoms. The topological polar surface area (TPSA) is 6.48 Å². The maximum Gasteiger partial charge on any atom is 0.0468 e. The van der Waals surface area contributed by atoms with Crippen LogP contribution in [-0.4, -0.2) is 0 Å². The molecule has 0 N–H and O–H groups in total. The predicted octanol–water partition coefficient (Wildman–Crippen LogP) is 21.7. The van der Waals surface area contributed by atoms with E-state index in [-0.39, 0.29) is 10.8 Å². The molecule has 14 rings (SSSR count). The molecule has 0 aliphatic heterocycles. The smallest absolute Gasteiger partial charge is 0.0468 e. The van der Waals surface area contributed by atoms with Gasteiger partial charge in [0.05, 0.1) is 0 Å². The van der Waals surface area contributed by atoms with Gasteiger partial charge in [-0.25, -0.2) is 0 Å². The fourth-order valence-corrected chi connectivity index (χ4v) is 12.8. The lowest BCUT2D eigenvalue weighted by Crippen LogP contribution is -2.16. The molecule has 384 valence electrons. The number of aryl methyl sites for hydroxylation is 2. The van der Waals surface area contributed by atoms with Crippen LogP contribution in [0.1, 0.15) is 83.3 Å². The van der Waals surface area contributed by atoms with Crippen LogP contribution in [0.3, 0.4) is 0 Å². The number of nitrogens with zero attached hydrogens (tertiary/aromatic N) is 2. The summed E-state index contributed by atoms with van der Waals surface area (Å²) < 4.78 is 0. The first-order chi connectivity index (χ1) is 38.9. The van der Waals surface area contributed by atoms with Crippen molar-refractivity contribution in [1.82, 2.24) is 0 Å². The van der Waals surface area contributed by atoms with Crippen LogP contribution in [0.15, 0.2) is 243 Å². The van der Waals surface area contributed by atoms with Gasteiger partial charge in [0.15, 0.2) is 0 Å². The van der Waals surface area contributed by atoms with E-state index in [1.807, 2.05) is 0 Å². The zero-order chi connectivity index (χ0) is 54.3. The van der Waals surface area contributed by atoms with Gasteiger partial charge in [-0.1, -0.05) is 221 Å². The molecule has 0 spiro atoms. The Balaban J connectivity index is 0.689. The largest absolute Gasteiger partial charge is 0.310 e. The highest BCUT2D eigenvalue weighted by Crippen LogP contribution is 2.53. The third kappa shape index (κ3) is 8.60. The molecule has 0 unspecified atom stereocenters. The van der Waals surface area contributed by atoms with E-state index in [2.05, 4.69) is 318 Å². The highest BCUT2D eigenvalue weighted by atomic mass is 15.1. The van der Waals surface area contributed by atoms with Crippen molar-refractivity contribution in [2.24, 2.45) is 0 Å². The molecule has 0 fully saturated rings. The van der Waals surface area contributed by atoms with Crippen LogP contribution in [0.25, 0.3) is 78.9 Å². The maximum absolute atomic E-state index is 2.42. The minimum Gasteiger partial charge on any atom is -0.310 e. The highest BCUT2D eigenvalue weighted by molar-refractivity contribution is 5.94. The fourth-order valence-electron chi connectivity index (χ4n) is 12.8. The average molecular weight is 1030 g/mol. The molecule has 12 aromatic carbocycles. The van der Waals surface area contributed by atoms with E-state index >= 15 is 0 Å². The first kappa shape index (κ1) is 48.8. The van der Waals surface area contributed by atoms with Crippen molar-refractivity contribution in [2.45, 2.75) is 52.4 Å². The van der Waals surface area contributed by atoms with Crippen LogP contribution < -0.4 is 9.80 Å². The Bertz CT molecular complexity index is 4200. The van der Waals surface area contributed by atoms with Gasteiger partial charge in [-0.3, -0.25) is 0 Å². The van der Waals surface area contributed by atoms with E-state index in [1.165, 1.54) is 110 Å². The molecular weight excluding hydrogens is 965 g/mol. The molecule has 2 aliphatic carbocycles. The molecule has 80 heavy (non-hydrogen) atoms. The second-order valence-corrected chi connectivity index (χ2v) is 23.3. The maximum atomic E-state index is 2.42. The second kappa shape index (κ2) is 19.1. The van der Waals surface area contributed by atoms with Crippen molar-refractivity contribution in [3.8, 4) is 22.3 Å². The molecular formula is C78H62N2. The van der Waals surface area contributed by atoms with Crippen LogP contribution in [0.5, 0.6) is 0 Å². The SMILES string of the molecule is Cc1ccc(N(c2ccc3c(c2)C(C)(C)c2cc(C=Cc4ccc5cc(C=Cc6ccc7c(c6)C(C)(C)c6cc(N(c8ccc(C)cc8)c8ccc9ccccc9c8)ccc6-7)ccc5c4)ccc2-3)c2ccc3ccccc3c2)cc1. The van der Waals surface area contributed by atoms with E-state index in [9.17, 15) is 0 Å². The van der Waals surface area contributed by atoms with E-state index in [0.717, 1.165) is 34.1 Å². The Morgan fingerprint density at radius 3 is 0.925 bits per heavy atom. The normalized spacial score (nSPS) is 13.7. The van der Waals surface area contributed by atoms with Gasteiger partial charge in [0.2, 0.25) is 0 Å². The summed E-state index contributed by atoms with van der Waals surface area (Å²) in [6.07, 6.45) is 9.04. The molecule has 0 aromatic heterocycles. The minimum atomic E-state index is -0.180. The molecule has 0 saturated heterocycles. The Morgan fingerprint density at radius 1 is 0.250 bits per heavy atom. The summed E-state index contributed by atoms with van der Waals surface area (Å²) in [5.41, 5.74) is 24.5.